The summed E-state index contributed by atoms with van der Waals surface area (Å²) >= 11 is 1.81. The molecule has 0 radical (unpaired) electrons. The van der Waals surface area contributed by atoms with Crippen LogP contribution in [0, 0.1) is 6.92 Å². The third kappa shape index (κ3) is 4.15. The molecule has 6 nitrogen and oxygen atoms in total. The van der Waals surface area contributed by atoms with Gasteiger partial charge in [0.2, 0.25) is 0 Å². The number of nitrogens with zero attached hydrogens (tertiary/aromatic N) is 2. The average Bonchev–Trinajstić information content (AvgIpc) is 3.23. The van der Waals surface area contributed by atoms with E-state index in [2.05, 4.69) is 20.3 Å². The van der Waals surface area contributed by atoms with Crippen molar-refractivity contribution in [1.29, 1.82) is 0 Å². The molecule has 0 saturated heterocycles. The lowest BCUT2D eigenvalue weighted by atomic mass is 10.1. The molecule has 2 N–H and O–H groups in total. The van der Waals surface area contributed by atoms with Crippen molar-refractivity contribution in [2.45, 2.75) is 38.9 Å². The number of rotatable bonds is 8. The standard InChI is InChI=1S/C18H24N4O2S/c1-3-24-18(23)16-14-6-4-5-13(14)9-20-17(16)19-7-8-25-10-15-12(2)21-11-22-15/h9,11H,3-8,10H2,1-2H3,(H,19,20)(H,21,22). The SMILES string of the molecule is CCOC(=O)c1c(NCCSCc2nc[nH]c2C)ncc2c1CCC2. The number of hydrogen-bond donors (Lipinski definition) is 2. The molecule has 0 fully saturated rings. The van der Waals surface area contributed by atoms with Gasteiger partial charge in [-0.15, -0.1) is 0 Å². The fraction of sp³-hybridized carbons (Fsp3) is 0.500. The van der Waals surface area contributed by atoms with E-state index in [0.717, 1.165) is 54.3 Å². The minimum atomic E-state index is -0.268. The zero-order chi connectivity index (χ0) is 17.6. The first-order valence-corrected chi connectivity index (χ1v) is 9.84. The van der Waals surface area contributed by atoms with Crippen molar-refractivity contribution in [1.82, 2.24) is 15.0 Å². The molecule has 1 aliphatic carbocycles. The predicted octanol–water partition coefficient (Wildman–Crippen LogP) is 3.12. The van der Waals surface area contributed by atoms with Crippen LogP contribution in [0.3, 0.4) is 0 Å². The minimum absolute atomic E-state index is 0.268. The molecule has 0 atom stereocenters. The normalized spacial score (nSPS) is 12.9. The number of carbonyl (C=O) groups is 1. The highest BCUT2D eigenvalue weighted by molar-refractivity contribution is 7.98. The summed E-state index contributed by atoms with van der Waals surface area (Å²) in [5, 5.41) is 3.32. The van der Waals surface area contributed by atoms with Gasteiger partial charge in [0.15, 0.2) is 0 Å². The van der Waals surface area contributed by atoms with Crippen LogP contribution in [0.5, 0.6) is 0 Å². The molecule has 0 unspecified atom stereocenters. The fourth-order valence-corrected chi connectivity index (χ4v) is 3.92. The van der Waals surface area contributed by atoms with Gasteiger partial charge in [0.1, 0.15) is 11.4 Å². The lowest BCUT2D eigenvalue weighted by Gasteiger charge is -2.14. The van der Waals surface area contributed by atoms with E-state index in [1.54, 1.807) is 18.1 Å². The fourth-order valence-electron chi connectivity index (χ4n) is 3.05. The zero-order valence-corrected chi connectivity index (χ0v) is 15.5. The smallest absolute Gasteiger partial charge is 0.342 e. The molecule has 134 valence electrons. The number of nitrogens with one attached hydrogen (secondary N) is 2. The van der Waals surface area contributed by atoms with Gasteiger partial charge >= 0.3 is 5.97 Å². The van der Waals surface area contributed by atoms with Gasteiger partial charge in [0, 0.05) is 29.9 Å². The monoisotopic (exact) mass is 360 g/mol. The van der Waals surface area contributed by atoms with Crippen LogP contribution >= 0.6 is 11.8 Å². The third-order valence-electron chi connectivity index (χ3n) is 4.34. The number of anilines is 1. The maximum absolute atomic E-state index is 12.4. The van der Waals surface area contributed by atoms with E-state index in [1.807, 2.05) is 20.0 Å². The highest BCUT2D eigenvalue weighted by Crippen LogP contribution is 2.29. The molecule has 25 heavy (non-hydrogen) atoms. The van der Waals surface area contributed by atoms with Crippen molar-refractivity contribution < 1.29 is 9.53 Å². The van der Waals surface area contributed by atoms with Crippen molar-refractivity contribution in [2.75, 3.05) is 24.2 Å². The predicted molar refractivity (Wildman–Crippen MR) is 100 cm³/mol. The van der Waals surface area contributed by atoms with Crippen LogP contribution in [-0.2, 0) is 23.3 Å². The Morgan fingerprint density at radius 2 is 2.28 bits per heavy atom. The number of hydrogen-bond acceptors (Lipinski definition) is 6. The summed E-state index contributed by atoms with van der Waals surface area (Å²) in [6, 6.07) is 0. The highest BCUT2D eigenvalue weighted by Gasteiger charge is 2.24. The summed E-state index contributed by atoms with van der Waals surface area (Å²) in [6.07, 6.45) is 6.62. The molecule has 7 heteroatoms. The molecule has 0 aliphatic heterocycles. The van der Waals surface area contributed by atoms with E-state index < -0.39 is 0 Å². The maximum Gasteiger partial charge on any atom is 0.342 e. The Balaban J connectivity index is 1.60. The molecule has 2 aromatic rings. The summed E-state index contributed by atoms with van der Waals surface area (Å²) in [6.45, 7) is 4.98. The molecule has 2 aromatic heterocycles. The number of pyridine rings is 1. The Hall–Kier alpha value is -2.02. The molecule has 0 bridgehead atoms. The molecule has 0 saturated carbocycles. The number of ether oxygens (including phenoxy) is 1. The summed E-state index contributed by atoms with van der Waals surface area (Å²) in [5.74, 6) is 2.17. The van der Waals surface area contributed by atoms with Crippen molar-refractivity contribution in [3.63, 3.8) is 0 Å². The van der Waals surface area contributed by atoms with E-state index >= 15 is 0 Å². The highest BCUT2D eigenvalue weighted by atomic mass is 32.2. The van der Waals surface area contributed by atoms with Gasteiger partial charge in [-0.25, -0.2) is 14.8 Å². The lowest BCUT2D eigenvalue weighted by molar-refractivity contribution is 0.0526. The summed E-state index contributed by atoms with van der Waals surface area (Å²) in [7, 11) is 0. The van der Waals surface area contributed by atoms with E-state index in [-0.39, 0.29) is 5.97 Å². The van der Waals surface area contributed by atoms with E-state index in [4.69, 9.17) is 4.74 Å². The van der Waals surface area contributed by atoms with E-state index in [1.165, 1.54) is 5.56 Å². The van der Waals surface area contributed by atoms with Crippen LogP contribution in [0.1, 0.15) is 46.2 Å². The second kappa shape index (κ2) is 8.38. The lowest BCUT2D eigenvalue weighted by Crippen LogP contribution is -2.16. The van der Waals surface area contributed by atoms with Crippen LogP contribution in [0.15, 0.2) is 12.5 Å². The van der Waals surface area contributed by atoms with Crippen molar-refractivity contribution in [3.8, 4) is 0 Å². The van der Waals surface area contributed by atoms with E-state index in [9.17, 15) is 4.79 Å². The number of thioether (sulfide) groups is 1. The molecule has 2 heterocycles. The number of aromatic amines is 1. The van der Waals surface area contributed by atoms with Crippen LogP contribution in [-0.4, -0.2) is 39.8 Å². The number of fused-ring (bicyclic) bond motifs is 1. The van der Waals surface area contributed by atoms with Crippen LogP contribution < -0.4 is 5.32 Å². The number of aromatic nitrogens is 3. The second-order valence-electron chi connectivity index (χ2n) is 6.01. The first-order valence-electron chi connectivity index (χ1n) is 8.69. The number of carbonyl (C=O) groups excluding carboxylic acids is 1. The Bertz CT molecular complexity index is 745. The maximum atomic E-state index is 12.4. The van der Waals surface area contributed by atoms with Crippen molar-refractivity contribution in [3.05, 3.63) is 40.6 Å². The minimum Gasteiger partial charge on any atom is -0.462 e. The first-order chi connectivity index (χ1) is 12.2. The molecule has 1 aliphatic rings. The molecule has 0 spiro atoms. The number of imidazole rings is 1. The largest absolute Gasteiger partial charge is 0.462 e. The van der Waals surface area contributed by atoms with Gasteiger partial charge in [-0.3, -0.25) is 0 Å². The zero-order valence-electron chi connectivity index (χ0n) is 14.7. The first kappa shape index (κ1) is 17.8. The van der Waals surface area contributed by atoms with Crippen LogP contribution in [0.25, 0.3) is 0 Å². The Labute approximate surface area is 152 Å². The Kier molecular flexibility index (Phi) is 5.96. The molecular formula is C18H24N4O2S. The average molecular weight is 360 g/mol. The number of esters is 1. The Morgan fingerprint density at radius 3 is 3.04 bits per heavy atom. The third-order valence-corrected chi connectivity index (χ3v) is 5.31. The number of H-pyrrole nitrogens is 1. The van der Waals surface area contributed by atoms with Crippen molar-refractivity contribution in [2.24, 2.45) is 0 Å². The quantitative estimate of drug-likeness (QED) is 0.556. The van der Waals surface area contributed by atoms with Gasteiger partial charge < -0.3 is 15.0 Å². The Morgan fingerprint density at radius 1 is 1.40 bits per heavy atom. The van der Waals surface area contributed by atoms with Gasteiger partial charge in [0.25, 0.3) is 0 Å². The van der Waals surface area contributed by atoms with Crippen LogP contribution in [0.2, 0.25) is 0 Å². The molecule has 0 amide bonds. The summed E-state index contributed by atoms with van der Waals surface area (Å²) < 4.78 is 5.25. The van der Waals surface area contributed by atoms with Crippen molar-refractivity contribution >= 4 is 23.5 Å². The van der Waals surface area contributed by atoms with Gasteiger partial charge in [-0.05, 0) is 44.2 Å². The molecule has 3 rings (SSSR count). The van der Waals surface area contributed by atoms with Crippen LogP contribution in [0.4, 0.5) is 5.82 Å². The van der Waals surface area contributed by atoms with Gasteiger partial charge in [-0.1, -0.05) is 0 Å². The summed E-state index contributed by atoms with van der Waals surface area (Å²) in [4.78, 5) is 24.3. The molecule has 0 aromatic carbocycles. The topological polar surface area (TPSA) is 79.9 Å². The van der Waals surface area contributed by atoms with Gasteiger partial charge in [0.05, 0.1) is 18.6 Å². The second-order valence-corrected chi connectivity index (χ2v) is 7.12. The summed E-state index contributed by atoms with van der Waals surface area (Å²) in [5.41, 5.74) is 5.12. The van der Waals surface area contributed by atoms with E-state index in [0.29, 0.717) is 18.0 Å². The molecular weight excluding hydrogens is 336 g/mol. The number of aryl methyl sites for hydroxylation is 2. The van der Waals surface area contributed by atoms with Gasteiger partial charge in [-0.2, -0.15) is 11.8 Å².